The average molecular weight is 472 g/mol. The van der Waals surface area contributed by atoms with E-state index in [2.05, 4.69) is 0 Å². The summed E-state index contributed by atoms with van der Waals surface area (Å²) >= 11 is 6.27. The summed E-state index contributed by atoms with van der Waals surface area (Å²) in [4.78, 5) is 15.4. The van der Waals surface area contributed by atoms with Crippen LogP contribution in [0.4, 0.5) is 0 Å². The first-order valence-corrected chi connectivity index (χ1v) is 11.8. The Balaban J connectivity index is 1.55. The lowest BCUT2D eigenvalue weighted by Gasteiger charge is -2.23. The van der Waals surface area contributed by atoms with Crippen LogP contribution in [0.1, 0.15) is 40.0 Å². The molecule has 0 spiro atoms. The molecule has 172 valence electrons. The molecule has 0 atom stereocenters. The third-order valence-electron chi connectivity index (χ3n) is 6.02. The third-order valence-corrected chi connectivity index (χ3v) is 6.26. The van der Waals surface area contributed by atoms with Crippen molar-refractivity contribution >= 4 is 17.5 Å². The predicted octanol–water partition coefficient (Wildman–Crippen LogP) is 6.74. The lowest BCUT2D eigenvalue weighted by atomic mass is 10.1. The molecule has 0 saturated heterocycles. The molecular formula is C28H26ClN3O2. The van der Waals surface area contributed by atoms with Crippen LogP contribution >= 0.6 is 11.6 Å². The summed E-state index contributed by atoms with van der Waals surface area (Å²) in [7, 11) is 0. The van der Waals surface area contributed by atoms with Gasteiger partial charge in [-0.05, 0) is 69.2 Å². The number of para-hydroxylation sites is 1. The van der Waals surface area contributed by atoms with Gasteiger partial charge in [0.1, 0.15) is 5.75 Å². The first kappa shape index (κ1) is 22.2. The minimum absolute atomic E-state index is 0.0306. The fourth-order valence-electron chi connectivity index (χ4n) is 3.99. The Morgan fingerprint density at radius 2 is 1.76 bits per heavy atom. The zero-order chi connectivity index (χ0) is 23.7. The number of halogens is 1. The Morgan fingerprint density at radius 1 is 1.03 bits per heavy atom. The second-order valence-electron chi connectivity index (χ2n) is 8.71. The van der Waals surface area contributed by atoms with Crippen LogP contribution in [0, 0.1) is 13.8 Å². The van der Waals surface area contributed by atoms with Crippen LogP contribution in [0.15, 0.2) is 78.9 Å². The van der Waals surface area contributed by atoms with Crippen molar-refractivity contribution in [1.29, 1.82) is 0 Å². The van der Waals surface area contributed by atoms with Crippen molar-refractivity contribution in [3.8, 4) is 17.3 Å². The van der Waals surface area contributed by atoms with Crippen LogP contribution < -0.4 is 4.74 Å². The minimum Gasteiger partial charge on any atom is -0.439 e. The molecule has 1 amide bonds. The summed E-state index contributed by atoms with van der Waals surface area (Å²) in [5.74, 6) is 1.33. The van der Waals surface area contributed by atoms with E-state index in [9.17, 15) is 4.79 Å². The van der Waals surface area contributed by atoms with Gasteiger partial charge in [-0.15, -0.1) is 0 Å². The smallest absolute Gasteiger partial charge is 0.254 e. The first-order valence-electron chi connectivity index (χ1n) is 11.4. The van der Waals surface area contributed by atoms with Gasteiger partial charge < -0.3 is 9.64 Å². The zero-order valence-electron chi connectivity index (χ0n) is 19.2. The van der Waals surface area contributed by atoms with Crippen LogP contribution in [0.3, 0.4) is 0 Å². The SMILES string of the molecule is Cc1ccc(C(=O)N(Cc2c(C)nn(-c3cccc(Cl)c3)c2Oc2ccccc2)C2CC2)cc1. The van der Waals surface area contributed by atoms with Crippen molar-refractivity contribution in [2.45, 2.75) is 39.3 Å². The van der Waals surface area contributed by atoms with Crippen LogP contribution in [0.2, 0.25) is 5.02 Å². The molecule has 0 bridgehead atoms. The molecule has 6 heteroatoms. The molecule has 34 heavy (non-hydrogen) atoms. The van der Waals surface area contributed by atoms with Gasteiger partial charge in [0.25, 0.3) is 5.91 Å². The maximum Gasteiger partial charge on any atom is 0.254 e. The van der Waals surface area contributed by atoms with E-state index >= 15 is 0 Å². The second-order valence-corrected chi connectivity index (χ2v) is 9.14. The van der Waals surface area contributed by atoms with Crippen LogP contribution in [0.5, 0.6) is 11.6 Å². The highest BCUT2D eigenvalue weighted by Crippen LogP contribution is 2.36. The summed E-state index contributed by atoms with van der Waals surface area (Å²) in [6.45, 7) is 4.40. The van der Waals surface area contributed by atoms with E-state index in [4.69, 9.17) is 21.4 Å². The number of carbonyl (C=O) groups is 1. The van der Waals surface area contributed by atoms with Gasteiger partial charge in [-0.3, -0.25) is 4.79 Å². The molecule has 5 rings (SSSR count). The number of hydrogen-bond donors (Lipinski definition) is 0. The van der Waals surface area contributed by atoms with Crippen molar-refractivity contribution in [2.75, 3.05) is 0 Å². The van der Waals surface area contributed by atoms with Crippen LogP contribution in [-0.4, -0.2) is 26.6 Å². The largest absolute Gasteiger partial charge is 0.439 e. The average Bonchev–Trinajstić information content (AvgIpc) is 3.63. The number of rotatable bonds is 7. The molecular weight excluding hydrogens is 446 g/mol. The van der Waals surface area contributed by atoms with E-state index in [1.165, 1.54) is 0 Å². The molecule has 1 fully saturated rings. The van der Waals surface area contributed by atoms with Gasteiger partial charge in [-0.25, -0.2) is 4.68 Å². The summed E-state index contributed by atoms with van der Waals surface area (Å²) < 4.78 is 8.15. The van der Waals surface area contributed by atoms with Gasteiger partial charge in [0, 0.05) is 16.6 Å². The molecule has 4 aromatic rings. The van der Waals surface area contributed by atoms with E-state index in [1.54, 1.807) is 4.68 Å². The summed E-state index contributed by atoms with van der Waals surface area (Å²) in [5.41, 5.74) is 4.33. The van der Waals surface area contributed by atoms with Gasteiger partial charge >= 0.3 is 0 Å². The molecule has 1 heterocycles. The second kappa shape index (κ2) is 9.35. The monoisotopic (exact) mass is 471 g/mol. The van der Waals surface area contributed by atoms with Gasteiger partial charge in [0.15, 0.2) is 0 Å². The highest BCUT2D eigenvalue weighted by atomic mass is 35.5. The molecule has 1 aliphatic rings. The Bertz CT molecular complexity index is 1310. The summed E-state index contributed by atoms with van der Waals surface area (Å²) in [6.07, 6.45) is 2.02. The van der Waals surface area contributed by atoms with E-state index < -0.39 is 0 Å². The molecule has 0 N–H and O–H groups in total. The number of ether oxygens (including phenoxy) is 1. The summed E-state index contributed by atoms with van der Waals surface area (Å²) in [5, 5.41) is 5.41. The fourth-order valence-corrected chi connectivity index (χ4v) is 4.18. The number of benzene rings is 3. The number of nitrogens with zero attached hydrogens (tertiary/aromatic N) is 3. The standard InChI is InChI=1S/C28H26ClN3O2/c1-19-11-13-21(14-12-19)27(33)31(23-15-16-23)18-26-20(2)30-32(24-8-6-7-22(29)17-24)28(26)34-25-9-4-3-5-10-25/h3-14,17,23H,15-16,18H2,1-2H3. The molecule has 1 aliphatic carbocycles. The number of aromatic nitrogens is 2. The van der Waals surface area contributed by atoms with Crippen LogP contribution in [-0.2, 0) is 6.54 Å². The molecule has 3 aromatic carbocycles. The van der Waals surface area contributed by atoms with Crippen molar-refractivity contribution in [3.05, 3.63) is 106 Å². The highest BCUT2D eigenvalue weighted by molar-refractivity contribution is 6.30. The first-order chi connectivity index (χ1) is 16.5. The van der Waals surface area contributed by atoms with Gasteiger partial charge in [-0.2, -0.15) is 5.10 Å². The normalized spacial score (nSPS) is 13.0. The third kappa shape index (κ3) is 4.70. The zero-order valence-corrected chi connectivity index (χ0v) is 20.0. The van der Waals surface area contributed by atoms with Crippen molar-refractivity contribution in [3.63, 3.8) is 0 Å². The number of aryl methyl sites for hydroxylation is 2. The Kier molecular flexibility index (Phi) is 6.12. The molecule has 5 nitrogen and oxygen atoms in total. The Morgan fingerprint density at radius 3 is 2.44 bits per heavy atom. The topological polar surface area (TPSA) is 47.4 Å². The quantitative estimate of drug-likeness (QED) is 0.300. The lowest BCUT2D eigenvalue weighted by Crippen LogP contribution is -2.32. The molecule has 0 aliphatic heterocycles. The predicted molar refractivity (Wildman–Crippen MR) is 134 cm³/mol. The van der Waals surface area contributed by atoms with Crippen molar-refractivity contribution < 1.29 is 9.53 Å². The molecule has 0 radical (unpaired) electrons. The number of carbonyl (C=O) groups excluding carboxylic acids is 1. The van der Waals surface area contributed by atoms with E-state index in [0.29, 0.717) is 28.8 Å². The molecule has 0 unspecified atom stereocenters. The van der Waals surface area contributed by atoms with Gasteiger partial charge in [0.05, 0.1) is 23.5 Å². The van der Waals surface area contributed by atoms with Gasteiger partial charge in [-0.1, -0.05) is 53.6 Å². The molecule has 1 aromatic heterocycles. The van der Waals surface area contributed by atoms with E-state index in [1.807, 2.05) is 97.6 Å². The van der Waals surface area contributed by atoms with Crippen molar-refractivity contribution in [2.24, 2.45) is 0 Å². The maximum atomic E-state index is 13.5. The summed E-state index contributed by atoms with van der Waals surface area (Å²) in [6, 6.07) is 25.1. The van der Waals surface area contributed by atoms with Crippen LogP contribution in [0.25, 0.3) is 5.69 Å². The maximum absolute atomic E-state index is 13.5. The lowest BCUT2D eigenvalue weighted by molar-refractivity contribution is 0.0729. The molecule has 1 saturated carbocycles. The Hall–Kier alpha value is -3.57. The highest BCUT2D eigenvalue weighted by Gasteiger charge is 2.35. The minimum atomic E-state index is 0.0306. The van der Waals surface area contributed by atoms with E-state index in [0.717, 1.165) is 35.3 Å². The fraction of sp³-hybridized carbons (Fsp3) is 0.214. The Labute approximate surface area is 204 Å². The van der Waals surface area contributed by atoms with E-state index in [-0.39, 0.29) is 11.9 Å². The number of amides is 1. The number of hydrogen-bond acceptors (Lipinski definition) is 3. The van der Waals surface area contributed by atoms with Crippen molar-refractivity contribution in [1.82, 2.24) is 14.7 Å². The van der Waals surface area contributed by atoms with Gasteiger partial charge in [0.2, 0.25) is 5.88 Å².